The zero-order valence-corrected chi connectivity index (χ0v) is 14.0. The molecule has 10 heteroatoms. The predicted octanol–water partition coefficient (Wildman–Crippen LogP) is 0.567. The van der Waals surface area contributed by atoms with Gasteiger partial charge in [-0.15, -0.1) is 12.4 Å². The van der Waals surface area contributed by atoms with Crippen LogP contribution >= 0.6 is 12.4 Å². The van der Waals surface area contributed by atoms with Crippen LogP contribution in [-0.4, -0.2) is 55.8 Å². The largest absolute Gasteiger partial charge is 0.339 e. The molecule has 0 aromatic heterocycles. The fourth-order valence-corrected chi connectivity index (χ4v) is 3.73. The summed E-state index contributed by atoms with van der Waals surface area (Å²) in [6.07, 6.45) is 0. The van der Waals surface area contributed by atoms with Crippen LogP contribution in [0.1, 0.15) is 6.92 Å². The number of amides is 1. The number of sulfonamides is 1. The molecule has 1 heterocycles. The van der Waals surface area contributed by atoms with E-state index in [0.29, 0.717) is 6.07 Å². The average Bonchev–Trinajstić information content (AvgIpc) is 2.46. The Morgan fingerprint density at radius 1 is 1.22 bits per heavy atom. The first-order chi connectivity index (χ1) is 10.2. The van der Waals surface area contributed by atoms with Gasteiger partial charge in [0.25, 0.3) is 0 Å². The van der Waals surface area contributed by atoms with Gasteiger partial charge in [-0.2, -0.15) is 4.31 Å². The summed E-state index contributed by atoms with van der Waals surface area (Å²) < 4.78 is 52.4. The highest BCUT2D eigenvalue weighted by molar-refractivity contribution is 7.89. The van der Waals surface area contributed by atoms with Crippen LogP contribution in [0, 0.1) is 11.6 Å². The summed E-state index contributed by atoms with van der Waals surface area (Å²) >= 11 is 0. The summed E-state index contributed by atoms with van der Waals surface area (Å²) in [4.78, 5) is 12.6. The Bertz CT molecular complexity index is 677. The number of halogens is 3. The van der Waals surface area contributed by atoms with Gasteiger partial charge in [0.2, 0.25) is 15.9 Å². The van der Waals surface area contributed by atoms with E-state index in [-0.39, 0.29) is 44.5 Å². The molecule has 1 aliphatic rings. The summed E-state index contributed by atoms with van der Waals surface area (Å²) in [6, 6.07) is 1.67. The first kappa shape index (κ1) is 19.8. The topological polar surface area (TPSA) is 83.7 Å². The maximum atomic E-state index is 13.7. The summed E-state index contributed by atoms with van der Waals surface area (Å²) in [6.45, 7) is 2.00. The minimum atomic E-state index is -4.06. The van der Waals surface area contributed by atoms with E-state index in [1.807, 2.05) is 0 Å². The van der Waals surface area contributed by atoms with Gasteiger partial charge in [0.15, 0.2) is 0 Å². The van der Waals surface area contributed by atoms with Crippen molar-refractivity contribution in [3.8, 4) is 0 Å². The number of carbonyl (C=O) groups excluding carboxylic acids is 1. The third kappa shape index (κ3) is 4.17. The molecular weight excluding hydrogens is 352 g/mol. The van der Waals surface area contributed by atoms with E-state index >= 15 is 0 Å². The Labute approximate surface area is 139 Å². The van der Waals surface area contributed by atoms with Crippen molar-refractivity contribution in [2.45, 2.75) is 17.9 Å². The number of piperazine rings is 1. The van der Waals surface area contributed by atoms with E-state index in [4.69, 9.17) is 5.73 Å². The maximum Gasteiger partial charge on any atom is 0.246 e. The number of carbonyl (C=O) groups is 1. The monoisotopic (exact) mass is 369 g/mol. The second-order valence-electron chi connectivity index (χ2n) is 5.09. The predicted molar refractivity (Wildman–Crippen MR) is 82.6 cm³/mol. The van der Waals surface area contributed by atoms with Crippen LogP contribution in [0.25, 0.3) is 0 Å². The number of hydrogen-bond donors (Lipinski definition) is 1. The van der Waals surface area contributed by atoms with Crippen molar-refractivity contribution in [3.05, 3.63) is 29.8 Å². The lowest BCUT2D eigenvalue weighted by atomic mass is 10.2. The number of nitrogens with two attached hydrogens (primary N) is 1. The van der Waals surface area contributed by atoms with Crippen molar-refractivity contribution in [2.75, 3.05) is 26.2 Å². The molecule has 23 heavy (non-hydrogen) atoms. The first-order valence-corrected chi connectivity index (χ1v) is 8.17. The van der Waals surface area contributed by atoms with Gasteiger partial charge in [-0.3, -0.25) is 4.79 Å². The quantitative estimate of drug-likeness (QED) is 0.844. The van der Waals surface area contributed by atoms with Gasteiger partial charge in [-0.1, -0.05) is 0 Å². The number of nitrogens with zero attached hydrogens (tertiary/aromatic N) is 2. The highest BCUT2D eigenvalue weighted by Crippen LogP contribution is 2.21. The number of hydrogen-bond acceptors (Lipinski definition) is 4. The molecule has 1 saturated heterocycles. The van der Waals surface area contributed by atoms with Crippen LogP contribution in [0.15, 0.2) is 23.1 Å². The second-order valence-corrected chi connectivity index (χ2v) is 7.00. The lowest BCUT2D eigenvalue weighted by molar-refractivity contribution is -0.133. The van der Waals surface area contributed by atoms with E-state index < -0.39 is 32.6 Å². The lowest BCUT2D eigenvalue weighted by Gasteiger charge is -2.34. The minimum absolute atomic E-state index is 0. The average molecular weight is 370 g/mol. The van der Waals surface area contributed by atoms with Crippen LogP contribution < -0.4 is 5.73 Å². The summed E-state index contributed by atoms with van der Waals surface area (Å²) in [5.74, 6) is -2.23. The van der Waals surface area contributed by atoms with E-state index in [1.54, 1.807) is 6.92 Å². The number of rotatable bonds is 3. The molecule has 0 unspecified atom stereocenters. The van der Waals surface area contributed by atoms with Gasteiger partial charge in [0, 0.05) is 32.2 Å². The van der Waals surface area contributed by atoms with Crippen molar-refractivity contribution in [1.82, 2.24) is 9.21 Å². The van der Waals surface area contributed by atoms with Crippen molar-refractivity contribution in [1.29, 1.82) is 0 Å². The van der Waals surface area contributed by atoms with Crippen molar-refractivity contribution in [2.24, 2.45) is 5.73 Å². The Morgan fingerprint density at radius 2 is 1.78 bits per heavy atom. The van der Waals surface area contributed by atoms with Gasteiger partial charge in [-0.05, 0) is 19.1 Å². The Morgan fingerprint density at radius 3 is 2.26 bits per heavy atom. The highest BCUT2D eigenvalue weighted by Gasteiger charge is 2.32. The smallest absolute Gasteiger partial charge is 0.246 e. The van der Waals surface area contributed by atoms with Crippen LogP contribution in [0.2, 0.25) is 0 Å². The molecule has 1 atom stereocenters. The highest BCUT2D eigenvalue weighted by atomic mass is 35.5. The van der Waals surface area contributed by atoms with Gasteiger partial charge in [0.05, 0.1) is 6.04 Å². The molecule has 1 aromatic carbocycles. The van der Waals surface area contributed by atoms with E-state index in [1.165, 1.54) is 4.90 Å². The third-order valence-electron chi connectivity index (χ3n) is 3.45. The van der Waals surface area contributed by atoms with Gasteiger partial charge in [-0.25, -0.2) is 17.2 Å². The standard InChI is InChI=1S/C13H17F2N3O3S.ClH/c1-9(16)13(19)17-4-6-18(7-5-17)22(20,21)12-3-2-10(14)8-11(12)15;/h2-3,8-9H,4-7,16H2,1H3;1H/t9-;/m0./s1. The van der Waals surface area contributed by atoms with Crippen molar-refractivity contribution < 1.29 is 22.0 Å². The molecule has 1 amide bonds. The van der Waals surface area contributed by atoms with E-state index in [2.05, 4.69) is 0 Å². The molecule has 1 aliphatic heterocycles. The molecule has 1 aromatic rings. The third-order valence-corrected chi connectivity index (χ3v) is 5.38. The van der Waals surface area contributed by atoms with Crippen LogP contribution in [0.5, 0.6) is 0 Å². The zero-order valence-electron chi connectivity index (χ0n) is 12.4. The molecule has 1 fully saturated rings. The Balaban J connectivity index is 0.00000264. The van der Waals surface area contributed by atoms with Crippen LogP contribution in [0.4, 0.5) is 8.78 Å². The molecule has 130 valence electrons. The Kier molecular flexibility index (Phi) is 6.46. The Hall–Kier alpha value is -1.29. The zero-order chi connectivity index (χ0) is 16.5. The van der Waals surface area contributed by atoms with Gasteiger partial charge < -0.3 is 10.6 Å². The molecule has 0 spiro atoms. The van der Waals surface area contributed by atoms with Crippen LogP contribution in [0.3, 0.4) is 0 Å². The molecule has 2 N–H and O–H groups in total. The fourth-order valence-electron chi connectivity index (χ4n) is 2.26. The number of benzene rings is 1. The molecule has 0 bridgehead atoms. The summed E-state index contributed by atoms with van der Waals surface area (Å²) in [7, 11) is -4.06. The molecular formula is C13H18ClF2N3O3S. The SMILES string of the molecule is C[C@H](N)C(=O)N1CCN(S(=O)(=O)c2ccc(F)cc2F)CC1.Cl. The molecule has 0 aliphatic carbocycles. The molecule has 0 radical (unpaired) electrons. The van der Waals surface area contributed by atoms with E-state index in [0.717, 1.165) is 16.4 Å². The van der Waals surface area contributed by atoms with Crippen molar-refractivity contribution in [3.63, 3.8) is 0 Å². The van der Waals surface area contributed by atoms with Crippen molar-refractivity contribution >= 4 is 28.3 Å². The maximum absolute atomic E-state index is 13.7. The second kappa shape index (κ2) is 7.52. The van der Waals surface area contributed by atoms with Gasteiger partial charge >= 0.3 is 0 Å². The summed E-state index contributed by atoms with van der Waals surface area (Å²) in [5.41, 5.74) is 5.50. The van der Waals surface area contributed by atoms with Gasteiger partial charge in [0.1, 0.15) is 16.5 Å². The molecule has 6 nitrogen and oxygen atoms in total. The van der Waals surface area contributed by atoms with Crippen LogP contribution in [-0.2, 0) is 14.8 Å². The normalized spacial score (nSPS) is 17.5. The molecule has 2 rings (SSSR count). The fraction of sp³-hybridized carbons (Fsp3) is 0.462. The molecule has 0 saturated carbocycles. The minimum Gasteiger partial charge on any atom is -0.339 e. The van der Waals surface area contributed by atoms with E-state index in [9.17, 15) is 22.0 Å². The summed E-state index contributed by atoms with van der Waals surface area (Å²) in [5, 5.41) is 0. The first-order valence-electron chi connectivity index (χ1n) is 6.73. The lowest BCUT2D eigenvalue weighted by Crippen LogP contribution is -2.53.